The number of hydrogen-bond donors (Lipinski definition) is 0. The number of nitrogens with zero attached hydrogens (tertiary/aromatic N) is 6. The van der Waals surface area contributed by atoms with Crippen molar-refractivity contribution in [1.82, 2.24) is 24.7 Å². The van der Waals surface area contributed by atoms with Gasteiger partial charge in [0.15, 0.2) is 0 Å². The van der Waals surface area contributed by atoms with Crippen LogP contribution in [0.25, 0.3) is 0 Å². The number of thiazole rings is 1. The van der Waals surface area contributed by atoms with Crippen molar-refractivity contribution in [2.24, 2.45) is 0 Å². The van der Waals surface area contributed by atoms with E-state index >= 15 is 0 Å². The molecule has 3 aromatic heterocycles. The van der Waals surface area contributed by atoms with Gasteiger partial charge in [-0.3, -0.25) is 4.68 Å². The quantitative estimate of drug-likeness (QED) is 0.422. The van der Waals surface area contributed by atoms with E-state index in [1.807, 2.05) is 34.8 Å². The molecule has 0 spiro atoms. The minimum atomic E-state index is 0.713. The van der Waals surface area contributed by atoms with Crippen molar-refractivity contribution in [3.05, 3.63) is 88.4 Å². The molecular weight excluding hydrogens is 380 g/mol. The molecule has 0 saturated heterocycles. The van der Waals surface area contributed by atoms with Crippen molar-refractivity contribution >= 4 is 17.3 Å². The van der Waals surface area contributed by atoms with Gasteiger partial charge in [0.2, 0.25) is 5.95 Å². The molecule has 7 heteroatoms. The molecule has 4 rings (SSSR count). The minimum absolute atomic E-state index is 0.713. The van der Waals surface area contributed by atoms with Crippen LogP contribution < -0.4 is 4.90 Å². The van der Waals surface area contributed by atoms with Crippen LogP contribution in [0.2, 0.25) is 0 Å². The lowest BCUT2D eigenvalue weighted by Gasteiger charge is -2.21. The fourth-order valence-electron chi connectivity index (χ4n) is 3.12. The largest absolute Gasteiger partial charge is 0.336 e. The summed E-state index contributed by atoms with van der Waals surface area (Å²) in [5.74, 6) is 0.744. The summed E-state index contributed by atoms with van der Waals surface area (Å²) in [5.41, 5.74) is 6.50. The van der Waals surface area contributed by atoms with E-state index < -0.39 is 0 Å². The molecule has 0 atom stereocenters. The fourth-order valence-corrected chi connectivity index (χ4v) is 3.71. The first-order valence-corrected chi connectivity index (χ1v) is 10.7. The molecule has 4 aromatic rings. The maximum Gasteiger partial charge on any atom is 0.225 e. The normalized spacial score (nSPS) is 10.9. The maximum absolute atomic E-state index is 4.59. The van der Waals surface area contributed by atoms with Gasteiger partial charge >= 0.3 is 0 Å². The average Bonchev–Trinajstić information content (AvgIpc) is 3.44. The Kier molecular flexibility index (Phi) is 6.26. The molecule has 0 aliphatic heterocycles. The van der Waals surface area contributed by atoms with Gasteiger partial charge in [0.05, 0.1) is 23.9 Å². The number of aryl methyl sites for hydroxylation is 1. The standard InChI is InChI=1S/C22H24N6S/c1-2-18-10-23-22(24-11-18)27(9-8-21-16-29-17-25-21)13-20-12-26-28(15-20)14-19-6-4-3-5-7-19/h3-7,10-12,15-17H,2,8-9,13-14H2,1H3. The molecule has 0 amide bonds. The predicted octanol–water partition coefficient (Wildman–Crippen LogP) is 3.99. The highest BCUT2D eigenvalue weighted by Gasteiger charge is 2.13. The Bertz CT molecular complexity index is 995. The number of hydrogen-bond acceptors (Lipinski definition) is 6. The zero-order valence-corrected chi connectivity index (χ0v) is 17.3. The third kappa shape index (κ3) is 5.26. The summed E-state index contributed by atoms with van der Waals surface area (Å²) in [6.45, 7) is 4.39. The van der Waals surface area contributed by atoms with E-state index in [0.717, 1.165) is 48.7 Å². The lowest BCUT2D eigenvalue weighted by atomic mass is 10.2. The highest BCUT2D eigenvalue weighted by atomic mass is 32.1. The molecule has 6 nitrogen and oxygen atoms in total. The van der Waals surface area contributed by atoms with E-state index in [4.69, 9.17) is 0 Å². The van der Waals surface area contributed by atoms with Crippen molar-refractivity contribution in [2.45, 2.75) is 32.9 Å². The number of rotatable bonds is 9. The number of benzene rings is 1. The van der Waals surface area contributed by atoms with Gasteiger partial charge < -0.3 is 4.90 Å². The molecule has 0 N–H and O–H groups in total. The van der Waals surface area contributed by atoms with E-state index in [9.17, 15) is 0 Å². The predicted molar refractivity (Wildman–Crippen MR) is 116 cm³/mol. The first-order chi connectivity index (χ1) is 14.3. The van der Waals surface area contributed by atoms with Crippen LogP contribution in [-0.4, -0.2) is 31.3 Å². The van der Waals surface area contributed by atoms with Crippen molar-refractivity contribution in [1.29, 1.82) is 0 Å². The monoisotopic (exact) mass is 404 g/mol. The maximum atomic E-state index is 4.59. The Hall–Kier alpha value is -3.06. The molecule has 0 saturated carbocycles. The molecular formula is C22H24N6S. The van der Waals surface area contributed by atoms with Gasteiger partial charge in [0, 0.05) is 49.0 Å². The second kappa shape index (κ2) is 9.43. The lowest BCUT2D eigenvalue weighted by Crippen LogP contribution is -2.27. The third-order valence-corrected chi connectivity index (χ3v) is 5.39. The fraction of sp³-hybridized carbons (Fsp3) is 0.273. The van der Waals surface area contributed by atoms with Crippen molar-refractivity contribution in [2.75, 3.05) is 11.4 Å². The molecule has 148 valence electrons. The topological polar surface area (TPSA) is 59.7 Å². The minimum Gasteiger partial charge on any atom is -0.336 e. The SMILES string of the molecule is CCc1cnc(N(CCc2cscn2)Cc2cnn(Cc3ccccc3)c2)nc1. The van der Waals surface area contributed by atoms with Gasteiger partial charge in [-0.25, -0.2) is 15.0 Å². The Morgan fingerprint density at radius 1 is 0.966 bits per heavy atom. The molecule has 1 aromatic carbocycles. The van der Waals surface area contributed by atoms with E-state index in [1.165, 1.54) is 5.56 Å². The van der Waals surface area contributed by atoms with Crippen LogP contribution in [0.15, 0.2) is 66.0 Å². The molecule has 29 heavy (non-hydrogen) atoms. The zero-order valence-electron chi connectivity index (χ0n) is 16.5. The Morgan fingerprint density at radius 2 is 1.79 bits per heavy atom. The van der Waals surface area contributed by atoms with Gasteiger partial charge in [-0.1, -0.05) is 37.3 Å². The van der Waals surface area contributed by atoms with Crippen molar-refractivity contribution in [3.63, 3.8) is 0 Å². The van der Waals surface area contributed by atoms with Gasteiger partial charge in [0.1, 0.15) is 0 Å². The van der Waals surface area contributed by atoms with Crippen LogP contribution in [0.1, 0.15) is 29.3 Å². The summed E-state index contributed by atoms with van der Waals surface area (Å²) in [7, 11) is 0. The van der Waals surface area contributed by atoms with E-state index in [-0.39, 0.29) is 0 Å². The highest BCUT2D eigenvalue weighted by Crippen LogP contribution is 2.14. The third-order valence-electron chi connectivity index (χ3n) is 4.75. The van der Waals surface area contributed by atoms with Crippen LogP contribution in [0.5, 0.6) is 0 Å². The summed E-state index contributed by atoms with van der Waals surface area (Å²) in [6.07, 6.45) is 9.66. The van der Waals surface area contributed by atoms with Crippen LogP contribution in [0, 0.1) is 0 Å². The van der Waals surface area contributed by atoms with E-state index in [1.54, 1.807) is 11.3 Å². The molecule has 0 aliphatic carbocycles. The Morgan fingerprint density at radius 3 is 2.52 bits per heavy atom. The summed E-state index contributed by atoms with van der Waals surface area (Å²) in [5, 5.41) is 6.63. The molecule has 3 heterocycles. The highest BCUT2D eigenvalue weighted by molar-refractivity contribution is 7.07. The molecule has 0 aliphatic rings. The van der Waals surface area contributed by atoms with Crippen LogP contribution in [0.3, 0.4) is 0 Å². The molecule has 0 fully saturated rings. The van der Waals surface area contributed by atoms with Gasteiger partial charge in [0.25, 0.3) is 0 Å². The Balaban J connectivity index is 1.48. The second-order valence-electron chi connectivity index (χ2n) is 6.93. The summed E-state index contributed by atoms with van der Waals surface area (Å²) in [6, 6.07) is 10.4. The summed E-state index contributed by atoms with van der Waals surface area (Å²) >= 11 is 1.63. The van der Waals surface area contributed by atoms with Gasteiger partial charge in [-0.2, -0.15) is 5.10 Å². The number of anilines is 1. The number of aromatic nitrogens is 5. The zero-order chi connectivity index (χ0) is 19.9. The van der Waals surface area contributed by atoms with Gasteiger partial charge in [-0.05, 0) is 17.5 Å². The summed E-state index contributed by atoms with van der Waals surface area (Å²) in [4.78, 5) is 15.8. The first-order valence-electron chi connectivity index (χ1n) is 9.78. The van der Waals surface area contributed by atoms with E-state index in [0.29, 0.717) is 6.54 Å². The van der Waals surface area contributed by atoms with Crippen molar-refractivity contribution < 1.29 is 0 Å². The molecule has 0 bridgehead atoms. The van der Waals surface area contributed by atoms with Gasteiger partial charge in [-0.15, -0.1) is 11.3 Å². The van der Waals surface area contributed by atoms with Crippen LogP contribution in [-0.2, 0) is 25.9 Å². The summed E-state index contributed by atoms with van der Waals surface area (Å²) < 4.78 is 1.98. The van der Waals surface area contributed by atoms with Crippen LogP contribution in [0.4, 0.5) is 5.95 Å². The van der Waals surface area contributed by atoms with E-state index in [2.05, 4.69) is 67.7 Å². The van der Waals surface area contributed by atoms with Crippen LogP contribution >= 0.6 is 11.3 Å². The smallest absolute Gasteiger partial charge is 0.225 e. The molecule has 0 radical (unpaired) electrons. The second-order valence-corrected chi connectivity index (χ2v) is 7.65. The average molecular weight is 405 g/mol. The first kappa shape index (κ1) is 19.3. The Labute approximate surface area is 174 Å². The molecule has 0 unspecified atom stereocenters. The lowest BCUT2D eigenvalue weighted by molar-refractivity contribution is 0.684. The van der Waals surface area contributed by atoms with Crippen molar-refractivity contribution in [3.8, 4) is 0 Å².